The van der Waals surface area contributed by atoms with Gasteiger partial charge in [-0.15, -0.1) is 0 Å². The Morgan fingerprint density at radius 1 is 1.27 bits per heavy atom. The van der Waals surface area contributed by atoms with Gasteiger partial charge in [0.25, 0.3) is 0 Å². The molecule has 4 heteroatoms. The number of fused-ring (bicyclic) bond motifs is 1. The van der Waals surface area contributed by atoms with Crippen molar-refractivity contribution in [2.24, 2.45) is 16.9 Å². The first-order valence-electron chi connectivity index (χ1n) is 4.89. The quantitative estimate of drug-likeness (QED) is 0.771. The second-order valence-corrected chi connectivity index (χ2v) is 4.37. The van der Waals surface area contributed by atoms with Crippen molar-refractivity contribution in [3.8, 4) is 0 Å². The molecule has 0 unspecified atom stereocenters. The molecule has 1 aromatic carbocycles. The van der Waals surface area contributed by atoms with E-state index < -0.39 is 0 Å². The molecule has 1 aliphatic carbocycles. The lowest BCUT2D eigenvalue weighted by Gasteiger charge is -2.11. The van der Waals surface area contributed by atoms with Gasteiger partial charge in [0, 0.05) is 16.9 Å². The van der Waals surface area contributed by atoms with Crippen LogP contribution in [0.4, 0.5) is 0 Å². The van der Waals surface area contributed by atoms with E-state index in [0.29, 0.717) is 10.9 Å². The lowest BCUT2D eigenvalue weighted by Crippen LogP contribution is -2.28. The Balaban J connectivity index is 1.95. The molecule has 3 rings (SSSR count). The number of rotatable bonds is 1. The first-order chi connectivity index (χ1) is 7.25. The van der Waals surface area contributed by atoms with E-state index in [1.54, 1.807) is 0 Å². The molecule has 15 heavy (non-hydrogen) atoms. The lowest BCUT2D eigenvalue weighted by molar-refractivity contribution is -0.122. The molecule has 1 aromatic rings. The normalized spacial score (nSPS) is 27.8. The van der Waals surface area contributed by atoms with Crippen LogP contribution in [0.5, 0.6) is 0 Å². The first-order valence-corrected chi connectivity index (χ1v) is 5.27. The van der Waals surface area contributed by atoms with Gasteiger partial charge in [0.1, 0.15) is 0 Å². The topological polar surface area (TPSA) is 41.5 Å². The van der Waals surface area contributed by atoms with E-state index in [0.717, 1.165) is 17.7 Å². The standard InChI is InChI=1S/C11H9ClN2O/c12-7-3-1-6(2-4-7)10-8-5-9(8)11(15)14-13-10/h1-4,8-9H,5H2,(H,14,15)/t8-,9-/m1/s1. The van der Waals surface area contributed by atoms with Crippen molar-refractivity contribution < 1.29 is 4.79 Å². The largest absolute Gasteiger partial charge is 0.273 e. The number of carbonyl (C=O) groups is 1. The molecule has 2 atom stereocenters. The van der Waals surface area contributed by atoms with E-state index in [2.05, 4.69) is 10.5 Å². The summed E-state index contributed by atoms with van der Waals surface area (Å²) in [5.74, 6) is 0.519. The third-order valence-corrected chi connectivity index (χ3v) is 3.16. The fourth-order valence-corrected chi connectivity index (χ4v) is 2.09. The van der Waals surface area contributed by atoms with Crippen LogP contribution in [0.3, 0.4) is 0 Å². The highest BCUT2D eigenvalue weighted by Crippen LogP contribution is 2.43. The zero-order chi connectivity index (χ0) is 10.4. The fraction of sp³-hybridized carbons (Fsp3) is 0.273. The third-order valence-electron chi connectivity index (χ3n) is 2.90. The van der Waals surface area contributed by atoms with E-state index in [4.69, 9.17) is 11.6 Å². The average molecular weight is 221 g/mol. The number of nitrogens with one attached hydrogen (secondary N) is 1. The Morgan fingerprint density at radius 2 is 2.00 bits per heavy atom. The van der Waals surface area contributed by atoms with Crippen LogP contribution in [-0.2, 0) is 4.79 Å². The number of nitrogens with zero attached hydrogens (tertiary/aromatic N) is 1. The van der Waals surface area contributed by atoms with E-state index >= 15 is 0 Å². The maximum Gasteiger partial charge on any atom is 0.243 e. The van der Waals surface area contributed by atoms with Gasteiger partial charge in [-0.25, -0.2) is 5.43 Å². The van der Waals surface area contributed by atoms with Gasteiger partial charge in [-0.05, 0) is 24.1 Å². The van der Waals surface area contributed by atoms with Gasteiger partial charge in [-0.3, -0.25) is 4.79 Å². The van der Waals surface area contributed by atoms with Crippen LogP contribution in [0.2, 0.25) is 5.02 Å². The van der Waals surface area contributed by atoms with Crippen LogP contribution in [-0.4, -0.2) is 11.6 Å². The molecule has 1 N–H and O–H groups in total. The summed E-state index contributed by atoms with van der Waals surface area (Å²) in [5, 5.41) is 4.82. The van der Waals surface area contributed by atoms with Crippen LogP contribution in [0.25, 0.3) is 0 Å². The summed E-state index contributed by atoms with van der Waals surface area (Å²) in [6.07, 6.45) is 0.924. The number of benzene rings is 1. The summed E-state index contributed by atoms with van der Waals surface area (Å²) in [6, 6.07) is 7.56. The highest BCUT2D eigenvalue weighted by atomic mass is 35.5. The maximum absolute atomic E-state index is 11.2. The molecule has 1 fully saturated rings. The number of hydrogen-bond acceptors (Lipinski definition) is 2. The van der Waals surface area contributed by atoms with Crippen molar-refractivity contribution >= 4 is 23.2 Å². The minimum Gasteiger partial charge on any atom is -0.273 e. The monoisotopic (exact) mass is 220 g/mol. The van der Waals surface area contributed by atoms with Crippen LogP contribution in [0.1, 0.15) is 12.0 Å². The van der Waals surface area contributed by atoms with Gasteiger partial charge >= 0.3 is 0 Å². The van der Waals surface area contributed by atoms with Crippen molar-refractivity contribution in [1.82, 2.24) is 5.43 Å². The highest BCUT2D eigenvalue weighted by molar-refractivity contribution is 6.30. The molecule has 0 bridgehead atoms. The van der Waals surface area contributed by atoms with Gasteiger partial charge in [-0.2, -0.15) is 5.10 Å². The maximum atomic E-state index is 11.2. The summed E-state index contributed by atoms with van der Waals surface area (Å²) in [5.41, 5.74) is 4.58. The van der Waals surface area contributed by atoms with Gasteiger partial charge < -0.3 is 0 Å². The summed E-state index contributed by atoms with van der Waals surface area (Å²) in [7, 11) is 0. The summed E-state index contributed by atoms with van der Waals surface area (Å²) >= 11 is 5.81. The predicted octanol–water partition coefficient (Wildman–Crippen LogP) is 1.81. The van der Waals surface area contributed by atoms with E-state index in [-0.39, 0.29) is 11.8 Å². The van der Waals surface area contributed by atoms with Gasteiger partial charge in [-0.1, -0.05) is 23.7 Å². The molecule has 0 spiro atoms. The third kappa shape index (κ3) is 1.43. The number of halogens is 1. The Hall–Kier alpha value is -1.35. The Labute approximate surface area is 92.1 Å². The molecule has 0 radical (unpaired) electrons. The van der Waals surface area contributed by atoms with Crippen molar-refractivity contribution in [1.29, 1.82) is 0 Å². The highest BCUT2D eigenvalue weighted by Gasteiger charge is 2.49. The van der Waals surface area contributed by atoms with Crippen molar-refractivity contribution in [2.75, 3.05) is 0 Å². The zero-order valence-corrected chi connectivity index (χ0v) is 8.66. The first kappa shape index (κ1) is 8.92. The SMILES string of the molecule is O=C1NN=C(c2ccc(Cl)cc2)[C@@H]2C[C@@H]12. The zero-order valence-electron chi connectivity index (χ0n) is 7.90. The summed E-state index contributed by atoms with van der Waals surface area (Å²) in [6.45, 7) is 0. The van der Waals surface area contributed by atoms with Crippen LogP contribution in [0, 0.1) is 11.8 Å². The van der Waals surface area contributed by atoms with Crippen LogP contribution in [0.15, 0.2) is 29.4 Å². The Kier molecular flexibility index (Phi) is 1.83. The minimum atomic E-state index is 0.0534. The number of carbonyl (C=O) groups excluding carboxylic acids is 1. The van der Waals surface area contributed by atoms with Crippen molar-refractivity contribution in [3.63, 3.8) is 0 Å². The average Bonchev–Trinajstić information content (AvgIpc) is 3.01. The molecule has 1 amide bonds. The number of hydrazone groups is 1. The molecule has 0 aromatic heterocycles. The lowest BCUT2D eigenvalue weighted by atomic mass is 10.0. The molecular formula is C11H9ClN2O. The number of amides is 1. The number of hydrogen-bond donors (Lipinski definition) is 1. The molecule has 1 heterocycles. The molecule has 2 aliphatic rings. The summed E-state index contributed by atoms with van der Waals surface area (Å²) in [4.78, 5) is 11.2. The van der Waals surface area contributed by atoms with Crippen LogP contribution < -0.4 is 5.43 Å². The van der Waals surface area contributed by atoms with Gasteiger partial charge in [0.05, 0.1) is 5.71 Å². The van der Waals surface area contributed by atoms with Crippen LogP contribution >= 0.6 is 11.6 Å². The van der Waals surface area contributed by atoms with Crippen molar-refractivity contribution in [3.05, 3.63) is 34.9 Å². The van der Waals surface area contributed by atoms with E-state index in [1.807, 2.05) is 24.3 Å². The molecule has 1 aliphatic heterocycles. The molecule has 0 saturated heterocycles. The van der Waals surface area contributed by atoms with E-state index in [1.165, 1.54) is 0 Å². The summed E-state index contributed by atoms with van der Waals surface area (Å²) < 4.78 is 0. The second kappa shape index (κ2) is 3.07. The molecule has 76 valence electrons. The molecule has 3 nitrogen and oxygen atoms in total. The molecular weight excluding hydrogens is 212 g/mol. The Morgan fingerprint density at radius 3 is 2.73 bits per heavy atom. The van der Waals surface area contributed by atoms with Gasteiger partial charge in [0.2, 0.25) is 5.91 Å². The smallest absolute Gasteiger partial charge is 0.243 e. The minimum absolute atomic E-state index is 0.0534. The second-order valence-electron chi connectivity index (χ2n) is 3.93. The fourth-order valence-electron chi connectivity index (χ4n) is 1.97. The van der Waals surface area contributed by atoms with Crippen molar-refractivity contribution in [2.45, 2.75) is 6.42 Å². The van der Waals surface area contributed by atoms with Gasteiger partial charge in [0.15, 0.2) is 0 Å². The molecule has 1 saturated carbocycles. The predicted molar refractivity (Wildman–Crippen MR) is 57.7 cm³/mol. The Bertz CT molecular complexity index is 452. The van der Waals surface area contributed by atoms with E-state index in [9.17, 15) is 4.79 Å².